The van der Waals surface area contributed by atoms with Gasteiger partial charge in [0.05, 0.1) is 12.2 Å². The highest BCUT2D eigenvalue weighted by molar-refractivity contribution is 6.30. The Morgan fingerprint density at radius 2 is 1.82 bits per heavy atom. The highest BCUT2D eigenvalue weighted by atomic mass is 35.5. The summed E-state index contributed by atoms with van der Waals surface area (Å²) in [6.07, 6.45) is -1.10. The third-order valence-electron chi connectivity index (χ3n) is 2.89. The van der Waals surface area contributed by atoms with Gasteiger partial charge >= 0.3 is 11.9 Å². The fraction of sp³-hybridized carbons (Fsp3) is 0.176. The number of rotatable bonds is 5. The number of halogens is 1. The van der Waals surface area contributed by atoms with Crippen molar-refractivity contribution in [2.45, 2.75) is 13.0 Å². The van der Waals surface area contributed by atoms with Crippen LogP contribution in [0.1, 0.15) is 28.9 Å². The van der Waals surface area contributed by atoms with Crippen molar-refractivity contribution in [2.75, 3.05) is 6.61 Å². The van der Waals surface area contributed by atoms with Crippen molar-refractivity contribution >= 4 is 23.5 Å². The Bertz CT molecular complexity index is 655. The van der Waals surface area contributed by atoms with Gasteiger partial charge in [0.2, 0.25) is 6.10 Å². The fourth-order valence-electron chi connectivity index (χ4n) is 1.89. The minimum atomic E-state index is -1.10. The third kappa shape index (κ3) is 4.09. The van der Waals surface area contributed by atoms with Crippen LogP contribution in [0, 0.1) is 0 Å². The Kier molecular flexibility index (Phi) is 5.55. The summed E-state index contributed by atoms with van der Waals surface area (Å²) in [6.45, 7) is 1.90. The molecule has 0 aliphatic rings. The molecule has 2 aromatic carbocycles. The molecular formula is C17H15ClO4. The molecule has 1 atom stereocenters. The average molecular weight is 319 g/mol. The minimum Gasteiger partial charge on any atom is -0.463 e. The highest BCUT2D eigenvalue weighted by Gasteiger charge is 2.26. The second kappa shape index (κ2) is 7.61. The largest absolute Gasteiger partial charge is 0.463 e. The summed E-state index contributed by atoms with van der Waals surface area (Å²) in [5, 5.41) is 0.418. The first-order valence-corrected chi connectivity index (χ1v) is 7.17. The number of hydrogen-bond acceptors (Lipinski definition) is 4. The number of carbonyl (C=O) groups excluding carboxylic acids is 2. The fourth-order valence-corrected chi connectivity index (χ4v) is 2.08. The molecule has 4 nitrogen and oxygen atoms in total. The molecule has 0 amide bonds. The number of carbonyl (C=O) groups is 2. The first-order chi connectivity index (χ1) is 10.6. The van der Waals surface area contributed by atoms with Gasteiger partial charge in [0.1, 0.15) is 0 Å². The zero-order valence-electron chi connectivity index (χ0n) is 12.0. The van der Waals surface area contributed by atoms with E-state index in [0.29, 0.717) is 10.6 Å². The Hall–Kier alpha value is -2.33. The van der Waals surface area contributed by atoms with Crippen molar-refractivity contribution in [3.05, 3.63) is 70.7 Å². The summed E-state index contributed by atoms with van der Waals surface area (Å²) in [7, 11) is 0. The maximum atomic E-state index is 12.2. The zero-order chi connectivity index (χ0) is 15.9. The summed E-state index contributed by atoms with van der Waals surface area (Å²) in [4.78, 5) is 24.3. The molecule has 0 spiro atoms. The monoisotopic (exact) mass is 318 g/mol. The third-order valence-corrected chi connectivity index (χ3v) is 3.12. The molecule has 2 aromatic rings. The maximum absolute atomic E-state index is 12.2. The Morgan fingerprint density at radius 3 is 2.45 bits per heavy atom. The van der Waals surface area contributed by atoms with Crippen LogP contribution in [0.25, 0.3) is 0 Å². The van der Waals surface area contributed by atoms with Crippen molar-refractivity contribution in [1.82, 2.24) is 0 Å². The van der Waals surface area contributed by atoms with Crippen LogP contribution in [0.5, 0.6) is 0 Å². The standard InChI is InChI=1S/C17H15ClO4/c1-2-21-17(20)15(12-7-4-3-5-8-12)22-16(19)13-9-6-10-14(18)11-13/h3-11,15H,2H2,1H3. The van der Waals surface area contributed by atoms with Crippen molar-refractivity contribution in [3.8, 4) is 0 Å². The van der Waals surface area contributed by atoms with Crippen molar-refractivity contribution in [2.24, 2.45) is 0 Å². The van der Waals surface area contributed by atoms with E-state index >= 15 is 0 Å². The van der Waals surface area contributed by atoms with Gasteiger partial charge in [-0.15, -0.1) is 0 Å². The van der Waals surface area contributed by atoms with E-state index in [0.717, 1.165) is 0 Å². The van der Waals surface area contributed by atoms with Crippen molar-refractivity contribution in [1.29, 1.82) is 0 Å². The predicted molar refractivity (Wildman–Crippen MR) is 82.7 cm³/mol. The van der Waals surface area contributed by atoms with Crippen LogP contribution in [-0.2, 0) is 14.3 Å². The van der Waals surface area contributed by atoms with E-state index in [1.54, 1.807) is 49.4 Å². The molecule has 0 aliphatic carbocycles. The molecule has 0 N–H and O–H groups in total. The normalized spacial score (nSPS) is 11.5. The molecule has 0 aromatic heterocycles. The molecule has 0 saturated heterocycles. The van der Waals surface area contributed by atoms with Crippen molar-refractivity contribution in [3.63, 3.8) is 0 Å². The molecule has 2 rings (SSSR count). The number of benzene rings is 2. The van der Waals surface area contributed by atoms with E-state index in [2.05, 4.69) is 0 Å². The molecule has 1 unspecified atom stereocenters. The number of ether oxygens (including phenoxy) is 2. The summed E-state index contributed by atoms with van der Waals surface area (Å²) in [6, 6.07) is 15.1. The first-order valence-electron chi connectivity index (χ1n) is 6.80. The van der Waals surface area contributed by atoms with Crippen LogP contribution in [-0.4, -0.2) is 18.5 Å². The quantitative estimate of drug-likeness (QED) is 0.787. The highest BCUT2D eigenvalue weighted by Crippen LogP contribution is 2.21. The van der Waals surface area contributed by atoms with E-state index in [9.17, 15) is 9.59 Å². The van der Waals surface area contributed by atoms with Gasteiger partial charge in [-0.05, 0) is 25.1 Å². The Labute approximate surface area is 133 Å². The van der Waals surface area contributed by atoms with Gasteiger partial charge in [0.15, 0.2) is 0 Å². The minimum absolute atomic E-state index is 0.205. The van der Waals surface area contributed by atoms with E-state index in [1.165, 1.54) is 6.07 Å². The van der Waals surface area contributed by atoms with Crippen LogP contribution in [0.3, 0.4) is 0 Å². The molecule has 0 saturated carbocycles. The van der Waals surface area contributed by atoms with Gasteiger partial charge in [0.25, 0.3) is 0 Å². The van der Waals surface area contributed by atoms with Gasteiger partial charge in [-0.3, -0.25) is 0 Å². The second-order valence-electron chi connectivity index (χ2n) is 4.46. The molecule has 5 heteroatoms. The van der Waals surface area contributed by atoms with Gasteiger partial charge in [0, 0.05) is 10.6 Å². The van der Waals surface area contributed by atoms with Gasteiger partial charge in [-0.1, -0.05) is 48.0 Å². The van der Waals surface area contributed by atoms with E-state index in [4.69, 9.17) is 21.1 Å². The summed E-state index contributed by atoms with van der Waals surface area (Å²) < 4.78 is 10.3. The second-order valence-corrected chi connectivity index (χ2v) is 4.89. The average Bonchev–Trinajstić information content (AvgIpc) is 2.53. The van der Waals surface area contributed by atoms with E-state index in [1.807, 2.05) is 6.07 Å². The molecular weight excluding hydrogens is 304 g/mol. The molecule has 0 radical (unpaired) electrons. The number of hydrogen-bond donors (Lipinski definition) is 0. The summed E-state index contributed by atoms with van der Waals surface area (Å²) in [5.74, 6) is -1.24. The molecule has 0 aliphatic heterocycles. The SMILES string of the molecule is CCOC(=O)C(OC(=O)c1cccc(Cl)c1)c1ccccc1. The summed E-state index contributed by atoms with van der Waals surface area (Å²) in [5.41, 5.74) is 0.828. The number of esters is 2. The van der Waals surface area contributed by atoms with E-state index in [-0.39, 0.29) is 12.2 Å². The molecule has 22 heavy (non-hydrogen) atoms. The lowest BCUT2D eigenvalue weighted by atomic mass is 10.1. The Balaban J connectivity index is 2.23. The van der Waals surface area contributed by atoms with Crippen LogP contribution in [0.15, 0.2) is 54.6 Å². The van der Waals surface area contributed by atoms with Crippen LogP contribution < -0.4 is 0 Å². The lowest BCUT2D eigenvalue weighted by Crippen LogP contribution is -2.22. The molecule has 114 valence electrons. The lowest BCUT2D eigenvalue weighted by molar-refractivity contribution is -0.153. The van der Waals surface area contributed by atoms with Gasteiger partial charge < -0.3 is 9.47 Å². The first kappa shape index (κ1) is 16.0. The topological polar surface area (TPSA) is 52.6 Å². The van der Waals surface area contributed by atoms with Crippen LogP contribution in [0.4, 0.5) is 0 Å². The van der Waals surface area contributed by atoms with Crippen molar-refractivity contribution < 1.29 is 19.1 Å². The lowest BCUT2D eigenvalue weighted by Gasteiger charge is -2.16. The van der Waals surface area contributed by atoms with Crippen LogP contribution >= 0.6 is 11.6 Å². The maximum Gasteiger partial charge on any atom is 0.352 e. The van der Waals surface area contributed by atoms with Gasteiger partial charge in [-0.2, -0.15) is 0 Å². The predicted octanol–water partition coefficient (Wildman–Crippen LogP) is 3.80. The zero-order valence-corrected chi connectivity index (χ0v) is 12.7. The van der Waals surface area contributed by atoms with Crippen LogP contribution in [0.2, 0.25) is 5.02 Å². The smallest absolute Gasteiger partial charge is 0.352 e. The molecule has 0 bridgehead atoms. The van der Waals surface area contributed by atoms with Gasteiger partial charge in [-0.25, -0.2) is 9.59 Å². The summed E-state index contributed by atoms with van der Waals surface area (Å²) >= 11 is 5.86. The molecule has 0 heterocycles. The molecule has 0 fully saturated rings. The van der Waals surface area contributed by atoms with E-state index < -0.39 is 18.0 Å². The Morgan fingerprint density at radius 1 is 1.09 bits per heavy atom.